The molecule has 3 aromatic rings. The molecular formula is C17H16N4O2. The minimum absolute atomic E-state index is 0.0760. The Hall–Kier alpha value is -3.15. The summed E-state index contributed by atoms with van der Waals surface area (Å²) >= 11 is 0. The van der Waals surface area contributed by atoms with E-state index in [1.54, 1.807) is 18.3 Å². The summed E-state index contributed by atoms with van der Waals surface area (Å²) in [5.41, 5.74) is 1.94. The number of benzene rings is 2. The van der Waals surface area contributed by atoms with Crippen LogP contribution < -0.4 is 5.32 Å². The summed E-state index contributed by atoms with van der Waals surface area (Å²) in [4.78, 5) is 14.8. The summed E-state index contributed by atoms with van der Waals surface area (Å²) < 4.78 is 1.93. The van der Waals surface area contributed by atoms with Crippen LogP contribution in [-0.4, -0.2) is 14.5 Å². The molecule has 0 saturated heterocycles. The molecule has 0 fully saturated rings. The predicted octanol–water partition coefficient (Wildman–Crippen LogP) is 3.53. The van der Waals surface area contributed by atoms with E-state index in [1.165, 1.54) is 12.1 Å². The van der Waals surface area contributed by atoms with Crippen molar-refractivity contribution in [2.24, 2.45) is 7.05 Å². The van der Waals surface area contributed by atoms with Gasteiger partial charge in [0.2, 0.25) is 0 Å². The molecule has 0 spiro atoms. The van der Waals surface area contributed by atoms with Gasteiger partial charge in [0.25, 0.3) is 5.69 Å². The maximum Gasteiger partial charge on any atom is 0.269 e. The van der Waals surface area contributed by atoms with Crippen LogP contribution in [0.2, 0.25) is 0 Å². The summed E-state index contributed by atoms with van der Waals surface area (Å²) in [5, 5.41) is 14.3. The maximum atomic E-state index is 10.8. The van der Waals surface area contributed by atoms with Crippen molar-refractivity contribution < 1.29 is 4.92 Å². The van der Waals surface area contributed by atoms with Crippen LogP contribution in [0.1, 0.15) is 17.4 Å². The van der Waals surface area contributed by atoms with Crippen molar-refractivity contribution >= 4 is 11.4 Å². The molecule has 6 heteroatoms. The van der Waals surface area contributed by atoms with Gasteiger partial charge in [0.1, 0.15) is 11.9 Å². The number of nitro benzene ring substituents is 1. The normalized spacial score (nSPS) is 11.9. The molecule has 0 aliphatic rings. The van der Waals surface area contributed by atoms with Crippen molar-refractivity contribution in [3.63, 3.8) is 0 Å². The topological polar surface area (TPSA) is 73.0 Å². The van der Waals surface area contributed by atoms with E-state index in [2.05, 4.69) is 10.3 Å². The Morgan fingerprint density at radius 1 is 1.13 bits per heavy atom. The van der Waals surface area contributed by atoms with Crippen LogP contribution in [0, 0.1) is 10.1 Å². The van der Waals surface area contributed by atoms with Gasteiger partial charge in [-0.15, -0.1) is 0 Å². The molecule has 0 saturated carbocycles. The fraction of sp³-hybridized carbons (Fsp3) is 0.118. The summed E-state index contributed by atoms with van der Waals surface area (Å²) in [6.45, 7) is 0. The highest BCUT2D eigenvalue weighted by molar-refractivity contribution is 5.48. The van der Waals surface area contributed by atoms with Gasteiger partial charge in [0.05, 0.1) is 4.92 Å². The minimum Gasteiger partial charge on any atom is -0.372 e. The monoisotopic (exact) mass is 308 g/mol. The number of hydrogen-bond donors (Lipinski definition) is 1. The van der Waals surface area contributed by atoms with Crippen molar-refractivity contribution in [2.75, 3.05) is 5.32 Å². The van der Waals surface area contributed by atoms with E-state index in [0.717, 1.165) is 17.1 Å². The first-order chi connectivity index (χ1) is 11.1. The van der Waals surface area contributed by atoms with Gasteiger partial charge < -0.3 is 9.88 Å². The smallest absolute Gasteiger partial charge is 0.269 e. The zero-order chi connectivity index (χ0) is 16.2. The second kappa shape index (κ2) is 6.31. The third-order valence-electron chi connectivity index (χ3n) is 3.64. The Bertz CT molecular complexity index is 797. The molecule has 1 aromatic heterocycles. The number of para-hydroxylation sites is 1. The number of imidazole rings is 1. The van der Waals surface area contributed by atoms with E-state index in [9.17, 15) is 10.1 Å². The highest BCUT2D eigenvalue weighted by atomic mass is 16.6. The zero-order valence-electron chi connectivity index (χ0n) is 12.6. The van der Waals surface area contributed by atoms with Crippen LogP contribution in [-0.2, 0) is 7.05 Å². The number of aromatic nitrogens is 2. The Morgan fingerprint density at radius 3 is 2.39 bits per heavy atom. The van der Waals surface area contributed by atoms with E-state index >= 15 is 0 Å². The van der Waals surface area contributed by atoms with Gasteiger partial charge in [-0.1, -0.05) is 18.2 Å². The molecule has 0 bridgehead atoms. The van der Waals surface area contributed by atoms with Crippen LogP contribution in [0.15, 0.2) is 67.0 Å². The largest absolute Gasteiger partial charge is 0.372 e. The van der Waals surface area contributed by atoms with Gasteiger partial charge in [-0.3, -0.25) is 10.1 Å². The number of nitrogens with zero attached hydrogens (tertiary/aromatic N) is 3. The lowest BCUT2D eigenvalue weighted by molar-refractivity contribution is -0.384. The number of non-ortho nitro benzene ring substituents is 1. The highest BCUT2D eigenvalue weighted by Crippen LogP contribution is 2.26. The Morgan fingerprint density at radius 2 is 1.83 bits per heavy atom. The molecule has 0 aliphatic carbocycles. The Kier molecular flexibility index (Phi) is 4.05. The summed E-state index contributed by atoms with van der Waals surface area (Å²) in [5.74, 6) is 0.836. The predicted molar refractivity (Wildman–Crippen MR) is 88.2 cm³/mol. The van der Waals surface area contributed by atoms with Gasteiger partial charge in [0.15, 0.2) is 0 Å². The molecule has 1 N–H and O–H groups in total. The fourth-order valence-electron chi connectivity index (χ4n) is 2.44. The first kappa shape index (κ1) is 14.8. The average Bonchev–Trinajstić information content (AvgIpc) is 2.99. The lowest BCUT2D eigenvalue weighted by atomic mass is 10.0. The number of anilines is 1. The number of nitro groups is 1. The third kappa shape index (κ3) is 3.21. The van der Waals surface area contributed by atoms with Crippen molar-refractivity contribution in [2.45, 2.75) is 6.04 Å². The quantitative estimate of drug-likeness (QED) is 0.578. The van der Waals surface area contributed by atoms with Crippen molar-refractivity contribution in [1.29, 1.82) is 0 Å². The van der Waals surface area contributed by atoms with Gasteiger partial charge in [-0.2, -0.15) is 0 Å². The lowest BCUT2D eigenvalue weighted by Crippen LogP contribution is -2.16. The molecule has 23 heavy (non-hydrogen) atoms. The molecule has 6 nitrogen and oxygen atoms in total. The molecule has 1 unspecified atom stereocenters. The van der Waals surface area contributed by atoms with E-state index in [4.69, 9.17) is 0 Å². The highest BCUT2D eigenvalue weighted by Gasteiger charge is 2.19. The molecular weight excluding hydrogens is 292 g/mol. The Labute approximate surface area is 133 Å². The van der Waals surface area contributed by atoms with Crippen molar-refractivity contribution in [3.8, 4) is 0 Å². The summed E-state index contributed by atoms with van der Waals surface area (Å²) in [7, 11) is 1.92. The van der Waals surface area contributed by atoms with Gasteiger partial charge in [-0.05, 0) is 29.8 Å². The third-order valence-corrected chi connectivity index (χ3v) is 3.64. The SMILES string of the molecule is Cn1ccnc1C(Nc1ccccc1)c1ccc([N+](=O)[O-])cc1. The standard InChI is InChI=1S/C17H16N4O2/c1-20-12-11-18-17(20)16(19-14-5-3-2-4-6-14)13-7-9-15(10-8-13)21(22)23/h2-12,16,19H,1H3. The lowest BCUT2D eigenvalue weighted by Gasteiger charge is -2.20. The van der Waals surface area contributed by atoms with Crippen LogP contribution in [0.5, 0.6) is 0 Å². The number of hydrogen-bond acceptors (Lipinski definition) is 4. The average molecular weight is 308 g/mol. The van der Waals surface area contributed by atoms with E-state index in [0.29, 0.717) is 0 Å². The molecule has 2 aromatic carbocycles. The van der Waals surface area contributed by atoms with Crippen molar-refractivity contribution in [1.82, 2.24) is 9.55 Å². The van der Waals surface area contributed by atoms with Crippen LogP contribution in [0.25, 0.3) is 0 Å². The van der Waals surface area contributed by atoms with Crippen molar-refractivity contribution in [3.05, 3.63) is 88.5 Å². The number of rotatable bonds is 5. The number of aryl methyl sites for hydroxylation is 1. The second-order valence-electron chi connectivity index (χ2n) is 5.19. The first-order valence-corrected chi connectivity index (χ1v) is 7.18. The number of nitrogens with one attached hydrogen (secondary N) is 1. The van der Waals surface area contributed by atoms with Gasteiger partial charge >= 0.3 is 0 Å². The summed E-state index contributed by atoms with van der Waals surface area (Å²) in [6, 6.07) is 16.1. The second-order valence-corrected chi connectivity index (χ2v) is 5.19. The van der Waals surface area contributed by atoms with Crippen LogP contribution in [0.3, 0.4) is 0 Å². The molecule has 1 heterocycles. The van der Waals surface area contributed by atoms with E-state index in [-0.39, 0.29) is 11.7 Å². The van der Waals surface area contributed by atoms with Gasteiger partial charge in [0, 0.05) is 37.3 Å². The minimum atomic E-state index is -0.399. The zero-order valence-corrected chi connectivity index (χ0v) is 12.6. The molecule has 0 aliphatic heterocycles. The molecule has 1 atom stereocenters. The summed E-state index contributed by atoms with van der Waals surface area (Å²) in [6.07, 6.45) is 3.61. The molecule has 0 amide bonds. The van der Waals surface area contributed by atoms with Crippen LogP contribution >= 0.6 is 0 Å². The van der Waals surface area contributed by atoms with E-state index in [1.807, 2.05) is 48.1 Å². The van der Waals surface area contributed by atoms with E-state index < -0.39 is 4.92 Å². The molecule has 116 valence electrons. The fourth-order valence-corrected chi connectivity index (χ4v) is 2.44. The van der Waals surface area contributed by atoms with Crippen LogP contribution in [0.4, 0.5) is 11.4 Å². The maximum absolute atomic E-state index is 10.8. The molecule has 3 rings (SSSR count). The van der Waals surface area contributed by atoms with Gasteiger partial charge in [-0.25, -0.2) is 4.98 Å². The Balaban J connectivity index is 1.98. The first-order valence-electron chi connectivity index (χ1n) is 7.18. The molecule has 0 radical (unpaired) electrons.